The van der Waals surface area contributed by atoms with Gasteiger partial charge in [0.25, 0.3) is 0 Å². The lowest BCUT2D eigenvalue weighted by atomic mass is 9.89. The van der Waals surface area contributed by atoms with Crippen LogP contribution in [0.5, 0.6) is 0 Å². The van der Waals surface area contributed by atoms with Crippen LogP contribution in [0.2, 0.25) is 0 Å². The maximum absolute atomic E-state index is 5.84. The topological polar surface area (TPSA) is 0 Å². The Morgan fingerprint density at radius 1 is 0.909 bits per heavy atom. The molecule has 0 saturated heterocycles. The van der Waals surface area contributed by atoms with E-state index in [4.69, 9.17) is 6.42 Å². The largest absolute Gasteiger partial charge is 0.119 e. The maximum Gasteiger partial charge on any atom is 0.0455 e. The van der Waals surface area contributed by atoms with Crippen molar-refractivity contribution in [2.45, 2.75) is 38.5 Å². The summed E-state index contributed by atoms with van der Waals surface area (Å²) in [5.41, 5.74) is 1.31. The Kier molecular flexibility index (Phi) is 4.45. The first kappa shape index (κ1) is 14.7. The molecule has 3 rings (SSSR count). The quantitative estimate of drug-likeness (QED) is 0.294. The van der Waals surface area contributed by atoms with E-state index in [1.807, 2.05) is 0 Å². The summed E-state index contributed by atoms with van der Waals surface area (Å²) in [7, 11) is 0. The third-order valence-corrected chi connectivity index (χ3v) is 4.45. The standard InChI is InChI=1S/C22H22/c1-3-5-6-10-17(4-2)21-14-9-13-20-15-18-11-7-8-12-19(18)16-22(20)21/h2,7-9,11-17H,3,5-6,10H2,1H3. The van der Waals surface area contributed by atoms with E-state index < -0.39 is 0 Å². The Morgan fingerprint density at radius 2 is 1.64 bits per heavy atom. The SMILES string of the molecule is C#CC(CCCCC)c1cccc2cc3ccccc3cc12. The summed E-state index contributed by atoms with van der Waals surface area (Å²) in [6.45, 7) is 2.23. The van der Waals surface area contributed by atoms with Gasteiger partial charge in [0.2, 0.25) is 0 Å². The molecule has 0 aromatic heterocycles. The fourth-order valence-electron chi connectivity index (χ4n) is 3.22. The van der Waals surface area contributed by atoms with Crippen molar-refractivity contribution >= 4 is 21.5 Å². The first-order valence-electron chi connectivity index (χ1n) is 8.21. The van der Waals surface area contributed by atoms with Crippen molar-refractivity contribution in [3.63, 3.8) is 0 Å². The van der Waals surface area contributed by atoms with Gasteiger partial charge in [-0.25, -0.2) is 0 Å². The van der Waals surface area contributed by atoms with Gasteiger partial charge in [0, 0.05) is 5.92 Å². The smallest absolute Gasteiger partial charge is 0.0455 e. The van der Waals surface area contributed by atoms with Crippen LogP contribution < -0.4 is 0 Å². The van der Waals surface area contributed by atoms with Crippen LogP contribution in [0.4, 0.5) is 0 Å². The average molecular weight is 286 g/mol. The highest BCUT2D eigenvalue weighted by atomic mass is 14.1. The third-order valence-electron chi connectivity index (χ3n) is 4.45. The zero-order valence-electron chi connectivity index (χ0n) is 13.2. The van der Waals surface area contributed by atoms with Crippen LogP contribution in [0.25, 0.3) is 21.5 Å². The fraction of sp³-hybridized carbons (Fsp3) is 0.273. The zero-order chi connectivity index (χ0) is 15.4. The normalized spacial score (nSPS) is 12.4. The minimum atomic E-state index is 0.219. The number of rotatable bonds is 5. The van der Waals surface area contributed by atoms with E-state index in [2.05, 4.69) is 67.4 Å². The lowest BCUT2D eigenvalue weighted by Crippen LogP contribution is -1.97. The number of unbranched alkanes of at least 4 members (excludes halogenated alkanes) is 2. The molecule has 0 bridgehead atoms. The molecule has 22 heavy (non-hydrogen) atoms. The second-order valence-electron chi connectivity index (χ2n) is 5.98. The summed E-state index contributed by atoms with van der Waals surface area (Å²) >= 11 is 0. The lowest BCUT2D eigenvalue weighted by molar-refractivity contribution is 0.639. The number of benzene rings is 3. The molecule has 0 N–H and O–H groups in total. The highest BCUT2D eigenvalue weighted by molar-refractivity contribution is 5.99. The Morgan fingerprint density at radius 3 is 2.36 bits per heavy atom. The molecule has 3 aromatic rings. The van der Waals surface area contributed by atoms with Crippen molar-refractivity contribution in [3.05, 3.63) is 60.2 Å². The molecule has 0 heteroatoms. The van der Waals surface area contributed by atoms with Crippen molar-refractivity contribution in [3.8, 4) is 12.3 Å². The van der Waals surface area contributed by atoms with E-state index in [1.165, 1.54) is 46.4 Å². The Bertz CT molecular complexity index is 820. The van der Waals surface area contributed by atoms with Gasteiger partial charge in [-0.05, 0) is 45.7 Å². The summed E-state index contributed by atoms with van der Waals surface area (Å²) in [6, 6.07) is 19.6. The molecule has 110 valence electrons. The second-order valence-corrected chi connectivity index (χ2v) is 5.98. The van der Waals surface area contributed by atoms with Crippen LogP contribution in [0.15, 0.2) is 54.6 Å². The van der Waals surface area contributed by atoms with Gasteiger partial charge in [0.1, 0.15) is 0 Å². The van der Waals surface area contributed by atoms with Gasteiger partial charge in [0.15, 0.2) is 0 Å². The summed E-state index contributed by atoms with van der Waals surface area (Å²) in [5.74, 6) is 3.24. The van der Waals surface area contributed by atoms with Crippen molar-refractivity contribution in [2.75, 3.05) is 0 Å². The van der Waals surface area contributed by atoms with Gasteiger partial charge in [-0.1, -0.05) is 74.6 Å². The number of terminal acetylenes is 1. The fourth-order valence-corrected chi connectivity index (χ4v) is 3.22. The molecule has 0 radical (unpaired) electrons. The molecule has 0 saturated carbocycles. The molecule has 0 fully saturated rings. The molecule has 0 aliphatic heterocycles. The molecule has 1 atom stereocenters. The summed E-state index contributed by atoms with van der Waals surface area (Å²) < 4.78 is 0. The first-order valence-corrected chi connectivity index (χ1v) is 8.21. The Labute approximate surface area is 133 Å². The van der Waals surface area contributed by atoms with Crippen LogP contribution in [0.1, 0.15) is 44.1 Å². The molecule has 0 amide bonds. The molecular weight excluding hydrogens is 264 g/mol. The Balaban J connectivity index is 2.08. The molecular formula is C22H22. The van der Waals surface area contributed by atoms with Gasteiger partial charge in [-0.3, -0.25) is 0 Å². The maximum atomic E-state index is 5.84. The molecule has 3 aromatic carbocycles. The predicted molar refractivity (Wildman–Crippen MR) is 97.2 cm³/mol. The van der Waals surface area contributed by atoms with Crippen LogP contribution in [0, 0.1) is 12.3 Å². The monoisotopic (exact) mass is 286 g/mol. The van der Waals surface area contributed by atoms with Gasteiger partial charge in [-0.2, -0.15) is 0 Å². The Hall–Kier alpha value is -2.26. The van der Waals surface area contributed by atoms with Crippen LogP contribution in [-0.4, -0.2) is 0 Å². The van der Waals surface area contributed by atoms with Crippen LogP contribution in [-0.2, 0) is 0 Å². The number of fused-ring (bicyclic) bond motifs is 2. The van der Waals surface area contributed by atoms with E-state index in [0.717, 1.165) is 6.42 Å². The van der Waals surface area contributed by atoms with E-state index in [9.17, 15) is 0 Å². The van der Waals surface area contributed by atoms with Crippen molar-refractivity contribution in [1.82, 2.24) is 0 Å². The van der Waals surface area contributed by atoms with Gasteiger partial charge in [-0.15, -0.1) is 6.42 Å². The highest BCUT2D eigenvalue weighted by Crippen LogP contribution is 2.31. The molecule has 0 nitrogen and oxygen atoms in total. The molecule has 0 spiro atoms. The highest BCUT2D eigenvalue weighted by Gasteiger charge is 2.12. The molecule has 1 unspecified atom stereocenters. The minimum Gasteiger partial charge on any atom is -0.119 e. The third kappa shape index (κ3) is 2.85. The van der Waals surface area contributed by atoms with Gasteiger partial charge < -0.3 is 0 Å². The van der Waals surface area contributed by atoms with Crippen molar-refractivity contribution in [1.29, 1.82) is 0 Å². The summed E-state index contributed by atoms with van der Waals surface area (Å²) in [5, 5.41) is 5.16. The predicted octanol–water partition coefficient (Wildman–Crippen LogP) is 6.29. The second kappa shape index (κ2) is 6.67. The van der Waals surface area contributed by atoms with E-state index in [1.54, 1.807) is 0 Å². The van der Waals surface area contributed by atoms with Gasteiger partial charge >= 0.3 is 0 Å². The molecule has 0 heterocycles. The number of hydrogen-bond acceptors (Lipinski definition) is 0. The first-order chi connectivity index (χ1) is 10.8. The van der Waals surface area contributed by atoms with Crippen molar-refractivity contribution < 1.29 is 0 Å². The lowest BCUT2D eigenvalue weighted by Gasteiger charge is -2.14. The zero-order valence-corrected chi connectivity index (χ0v) is 13.2. The number of hydrogen-bond donors (Lipinski definition) is 0. The van der Waals surface area contributed by atoms with E-state index in [0.29, 0.717) is 0 Å². The van der Waals surface area contributed by atoms with Crippen molar-refractivity contribution in [2.24, 2.45) is 0 Å². The summed E-state index contributed by atoms with van der Waals surface area (Å²) in [4.78, 5) is 0. The minimum absolute atomic E-state index is 0.219. The average Bonchev–Trinajstić information content (AvgIpc) is 2.57. The van der Waals surface area contributed by atoms with E-state index in [-0.39, 0.29) is 5.92 Å². The molecule has 0 aliphatic carbocycles. The molecule has 0 aliphatic rings. The summed E-state index contributed by atoms with van der Waals surface area (Å²) in [6.07, 6.45) is 10.6. The van der Waals surface area contributed by atoms with Crippen LogP contribution >= 0.6 is 0 Å². The van der Waals surface area contributed by atoms with Gasteiger partial charge in [0.05, 0.1) is 0 Å². The van der Waals surface area contributed by atoms with Crippen LogP contribution in [0.3, 0.4) is 0 Å². The van der Waals surface area contributed by atoms with E-state index >= 15 is 0 Å².